The Morgan fingerprint density at radius 1 is 1.69 bits per heavy atom. The molecule has 1 rings (SSSR count). The lowest BCUT2D eigenvalue weighted by molar-refractivity contribution is -0.140. The summed E-state index contributed by atoms with van der Waals surface area (Å²) >= 11 is 1.59. The van der Waals surface area contributed by atoms with Gasteiger partial charge in [-0.25, -0.2) is 0 Å². The molecule has 0 amide bonds. The van der Waals surface area contributed by atoms with Gasteiger partial charge in [-0.3, -0.25) is 4.79 Å². The molecule has 72 valence electrons. The summed E-state index contributed by atoms with van der Waals surface area (Å²) in [7, 11) is 0. The molecule has 0 saturated heterocycles. The lowest BCUT2D eigenvalue weighted by Crippen LogP contribution is -2.15. The largest absolute Gasteiger partial charge is 0.465 e. The van der Waals surface area contributed by atoms with E-state index in [9.17, 15) is 4.79 Å². The Balaban J connectivity index is 2.30. The van der Waals surface area contributed by atoms with Crippen LogP contribution >= 0.6 is 11.3 Å². The van der Waals surface area contributed by atoms with E-state index in [4.69, 9.17) is 4.74 Å². The van der Waals surface area contributed by atoms with Gasteiger partial charge in [-0.2, -0.15) is 0 Å². The molecule has 13 heavy (non-hydrogen) atoms. The highest BCUT2D eigenvalue weighted by molar-refractivity contribution is 7.14. The van der Waals surface area contributed by atoms with Gasteiger partial charge < -0.3 is 10.1 Å². The summed E-state index contributed by atoms with van der Waals surface area (Å²) in [6.45, 7) is 4.50. The molecule has 1 aromatic heterocycles. The molecule has 0 fully saturated rings. The van der Waals surface area contributed by atoms with Crippen molar-refractivity contribution in [3.63, 3.8) is 0 Å². The summed E-state index contributed by atoms with van der Waals surface area (Å²) in [5, 5.41) is 6.03. The fourth-order valence-corrected chi connectivity index (χ4v) is 1.69. The second kappa shape index (κ2) is 4.87. The van der Waals surface area contributed by atoms with E-state index in [0.29, 0.717) is 6.61 Å². The van der Waals surface area contributed by atoms with Gasteiger partial charge >= 0.3 is 5.97 Å². The van der Waals surface area contributed by atoms with E-state index in [1.807, 2.05) is 18.4 Å². The Labute approximate surface area is 81.7 Å². The van der Waals surface area contributed by atoms with Crippen LogP contribution in [0.3, 0.4) is 0 Å². The average Bonchev–Trinajstić information content (AvgIpc) is 2.49. The number of hydrogen-bond acceptors (Lipinski definition) is 4. The van der Waals surface area contributed by atoms with E-state index >= 15 is 0 Å². The van der Waals surface area contributed by atoms with Crippen molar-refractivity contribution in [1.29, 1.82) is 0 Å². The van der Waals surface area contributed by atoms with Gasteiger partial charge in [-0.1, -0.05) is 0 Å². The fraction of sp³-hybridized carbons (Fsp3) is 0.444. The molecule has 0 spiro atoms. The van der Waals surface area contributed by atoms with Crippen LogP contribution in [0, 0.1) is 6.92 Å². The van der Waals surface area contributed by atoms with Gasteiger partial charge in [-0.15, -0.1) is 11.3 Å². The van der Waals surface area contributed by atoms with Crippen molar-refractivity contribution in [3.05, 3.63) is 17.0 Å². The summed E-state index contributed by atoms with van der Waals surface area (Å²) in [4.78, 5) is 10.9. The second-order valence-corrected chi connectivity index (χ2v) is 3.56. The Bertz CT molecular complexity index is 283. The zero-order valence-electron chi connectivity index (χ0n) is 7.79. The van der Waals surface area contributed by atoms with E-state index in [0.717, 1.165) is 5.00 Å². The first-order valence-electron chi connectivity index (χ1n) is 4.17. The van der Waals surface area contributed by atoms with Gasteiger partial charge in [0.05, 0.1) is 11.6 Å². The number of aryl methyl sites for hydroxylation is 1. The topological polar surface area (TPSA) is 38.3 Å². The van der Waals surface area contributed by atoms with Gasteiger partial charge in [-0.05, 0) is 30.9 Å². The van der Waals surface area contributed by atoms with E-state index in [1.54, 1.807) is 18.3 Å². The lowest BCUT2D eigenvalue weighted by Gasteiger charge is -2.02. The van der Waals surface area contributed by atoms with Gasteiger partial charge in [0.1, 0.15) is 6.54 Å². The first-order chi connectivity index (χ1) is 6.22. The number of carbonyl (C=O) groups excluding carboxylic acids is 1. The van der Waals surface area contributed by atoms with Gasteiger partial charge in [0.2, 0.25) is 0 Å². The molecule has 3 nitrogen and oxygen atoms in total. The molecule has 0 bridgehead atoms. The van der Waals surface area contributed by atoms with Crippen molar-refractivity contribution in [1.82, 2.24) is 0 Å². The molecule has 1 aromatic rings. The second-order valence-electron chi connectivity index (χ2n) is 2.65. The van der Waals surface area contributed by atoms with Crippen LogP contribution in [0.25, 0.3) is 0 Å². The molecule has 0 aliphatic carbocycles. The van der Waals surface area contributed by atoms with Crippen molar-refractivity contribution in [2.24, 2.45) is 0 Å². The smallest absolute Gasteiger partial charge is 0.325 e. The van der Waals surface area contributed by atoms with Crippen LogP contribution in [-0.4, -0.2) is 19.1 Å². The maximum Gasteiger partial charge on any atom is 0.325 e. The number of hydrogen-bond donors (Lipinski definition) is 1. The number of rotatable bonds is 4. The summed E-state index contributed by atoms with van der Waals surface area (Å²) in [5.74, 6) is -0.214. The third kappa shape index (κ3) is 3.46. The van der Waals surface area contributed by atoms with Crippen molar-refractivity contribution in [2.75, 3.05) is 18.5 Å². The fourth-order valence-electron chi connectivity index (χ4n) is 0.895. The lowest BCUT2D eigenvalue weighted by atomic mass is 10.4. The third-order valence-electron chi connectivity index (χ3n) is 1.44. The molecule has 0 aliphatic rings. The number of ether oxygens (including phenoxy) is 1. The van der Waals surface area contributed by atoms with Crippen molar-refractivity contribution >= 4 is 22.3 Å². The predicted molar refractivity (Wildman–Crippen MR) is 54.2 cm³/mol. The monoisotopic (exact) mass is 199 g/mol. The van der Waals surface area contributed by atoms with Crippen LogP contribution in [0.4, 0.5) is 5.00 Å². The summed E-state index contributed by atoms with van der Waals surface area (Å²) in [5.41, 5.74) is 1.20. The van der Waals surface area contributed by atoms with Crippen molar-refractivity contribution in [3.8, 4) is 0 Å². The van der Waals surface area contributed by atoms with Crippen LogP contribution in [0.2, 0.25) is 0 Å². The summed E-state index contributed by atoms with van der Waals surface area (Å²) in [6, 6.07) is 2.00. The zero-order valence-corrected chi connectivity index (χ0v) is 8.61. The Hall–Kier alpha value is -1.03. The number of anilines is 1. The van der Waals surface area contributed by atoms with Gasteiger partial charge in [0.25, 0.3) is 0 Å². The van der Waals surface area contributed by atoms with E-state index in [1.165, 1.54) is 5.56 Å². The van der Waals surface area contributed by atoms with E-state index in [2.05, 4.69) is 5.32 Å². The Kier molecular flexibility index (Phi) is 3.76. The van der Waals surface area contributed by atoms with E-state index < -0.39 is 0 Å². The Morgan fingerprint density at radius 3 is 3.00 bits per heavy atom. The standard InChI is InChI=1S/C9H13NO2S/c1-3-12-9(11)5-10-8-4-7(2)6-13-8/h4,6,10H,3,5H2,1-2H3. The van der Waals surface area contributed by atoms with Gasteiger partial charge in [0, 0.05) is 0 Å². The molecule has 0 atom stereocenters. The number of thiophene rings is 1. The van der Waals surface area contributed by atoms with Crippen LogP contribution in [0.1, 0.15) is 12.5 Å². The number of nitrogens with one attached hydrogen (secondary N) is 1. The first kappa shape index (κ1) is 10.1. The molecule has 0 saturated carbocycles. The summed E-state index contributed by atoms with van der Waals surface area (Å²) in [6.07, 6.45) is 0. The predicted octanol–water partition coefficient (Wildman–Crippen LogP) is 2.03. The van der Waals surface area contributed by atoms with Crippen LogP contribution in [0.15, 0.2) is 11.4 Å². The highest BCUT2D eigenvalue weighted by Gasteiger charge is 2.01. The SMILES string of the molecule is CCOC(=O)CNc1cc(C)cs1. The first-order valence-corrected chi connectivity index (χ1v) is 5.05. The average molecular weight is 199 g/mol. The third-order valence-corrected chi connectivity index (χ3v) is 2.45. The zero-order chi connectivity index (χ0) is 9.68. The number of esters is 1. The van der Waals surface area contributed by atoms with Gasteiger partial charge in [0.15, 0.2) is 0 Å². The Morgan fingerprint density at radius 2 is 2.46 bits per heavy atom. The number of carbonyl (C=O) groups is 1. The molecule has 4 heteroatoms. The highest BCUT2D eigenvalue weighted by atomic mass is 32.1. The molecular weight excluding hydrogens is 186 g/mol. The molecule has 0 radical (unpaired) electrons. The minimum atomic E-state index is -0.214. The molecule has 0 unspecified atom stereocenters. The van der Waals surface area contributed by atoms with Crippen molar-refractivity contribution < 1.29 is 9.53 Å². The highest BCUT2D eigenvalue weighted by Crippen LogP contribution is 2.18. The molecule has 0 aromatic carbocycles. The van der Waals surface area contributed by atoms with Crippen LogP contribution in [0.5, 0.6) is 0 Å². The molecule has 1 heterocycles. The van der Waals surface area contributed by atoms with Crippen LogP contribution in [-0.2, 0) is 9.53 Å². The van der Waals surface area contributed by atoms with E-state index in [-0.39, 0.29) is 12.5 Å². The minimum absolute atomic E-state index is 0.214. The summed E-state index contributed by atoms with van der Waals surface area (Å²) < 4.78 is 4.77. The molecule has 1 N–H and O–H groups in total. The molecule has 0 aliphatic heterocycles. The van der Waals surface area contributed by atoms with Crippen LogP contribution < -0.4 is 5.32 Å². The molecular formula is C9H13NO2S. The quantitative estimate of drug-likeness (QED) is 0.754. The van der Waals surface area contributed by atoms with Crippen molar-refractivity contribution in [2.45, 2.75) is 13.8 Å². The maximum atomic E-state index is 10.9. The minimum Gasteiger partial charge on any atom is -0.465 e. The maximum absolute atomic E-state index is 10.9. The normalized spacial score (nSPS) is 9.69.